The molecule has 0 radical (unpaired) electrons. The second-order valence-electron chi connectivity index (χ2n) is 11.8. The molecule has 13 heteroatoms. The van der Waals surface area contributed by atoms with Gasteiger partial charge in [0.25, 0.3) is 5.82 Å². The SMILES string of the molecule is CC(C)(C)C1CN(CCOc2ccc(C3CCN(c4ccc5nnc(C(F)(F)F)n5n4)CC3)cc2)CCN1C(=O)O. The van der Waals surface area contributed by atoms with Crippen LogP contribution in [0.25, 0.3) is 5.65 Å². The van der Waals surface area contributed by atoms with Gasteiger partial charge in [-0.2, -0.15) is 17.7 Å². The molecule has 5 rings (SSSR count). The highest BCUT2D eigenvalue weighted by molar-refractivity contribution is 5.65. The molecule has 1 amide bonds. The molecule has 1 unspecified atom stereocenters. The summed E-state index contributed by atoms with van der Waals surface area (Å²) in [5, 5.41) is 20.6. The minimum absolute atomic E-state index is 0.0631. The van der Waals surface area contributed by atoms with Crippen LogP contribution in [0.5, 0.6) is 5.75 Å². The van der Waals surface area contributed by atoms with Gasteiger partial charge in [0.15, 0.2) is 5.65 Å². The van der Waals surface area contributed by atoms with Gasteiger partial charge in [-0.15, -0.1) is 15.3 Å². The monoisotopic (exact) mass is 575 g/mol. The lowest BCUT2D eigenvalue weighted by Crippen LogP contribution is -2.59. The van der Waals surface area contributed by atoms with Crippen molar-refractivity contribution in [2.24, 2.45) is 5.41 Å². The van der Waals surface area contributed by atoms with E-state index in [4.69, 9.17) is 4.74 Å². The Bertz CT molecular complexity index is 1350. The molecule has 0 spiro atoms. The Kier molecular flexibility index (Phi) is 8.00. The number of anilines is 1. The predicted molar refractivity (Wildman–Crippen MR) is 146 cm³/mol. The molecule has 0 saturated carbocycles. The van der Waals surface area contributed by atoms with Gasteiger partial charge < -0.3 is 19.6 Å². The molecule has 222 valence electrons. The van der Waals surface area contributed by atoms with Gasteiger partial charge in [0.1, 0.15) is 18.2 Å². The van der Waals surface area contributed by atoms with Gasteiger partial charge in [-0.25, -0.2) is 4.79 Å². The smallest absolute Gasteiger partial charge is 0.453 e. The first kappa shape index (κ1) is 28.9. The Hall–Kier alpha value is -3.61. The molecule has 2 aromatic heterocycles. The number of rotatable bonds is 6. The largest absolute Gasteiger partial charge is 0.492 e. The third-order valence-electron chi connectivity index (χ3n) is 8.06. The second kappa shape index (κ2) is 11.3. The van der Waals surface area contributed by atoms with Crippen molar-refractivity contribution < 1.29 is 27.8 Å². The first-order valence-corrected chi connectivity index (χ1v) is 13.9. The maximum atomic E-state index is 13.2. The van der Waals surface area contributed by atoms with Crippen molar-refractivity contribution in [3.05, 3.63) is 47.8 Å². The highest BCUT2D eigenvalue weighted by atomic mass is 19.4. The minimum Gasteiger partial charge on any atom is -0.492 e. The van der Waals surface area contributed by atoms with Crippen molar-refractivity contribution in [3.8, 4) is 5.75 Å². The Morgan fingerprint density at radius 2 is 1.71 bits per heavy atom. The topological polar surface area (TPSA) is 99.3 Å². The molecule has 1 N–H and O–H groups in total. The summed E-state index contributed by atoms with van der Waals surface area (Å²) in [5.41, 5.74) is 1.12. The van der Waals surface area contributed by atoms with Crippen LogP contribution in [0, 0.1) is 5.41 Å². The maximum Gasteiger partial charge on any atom is 0.453 e. The first-order chi connectivity index (χ1) is 19.4. The number of fused-ring (bicyclic) bond motifs is 1. The van der Waals surface area contributed by atoms with Crippen molar-refractivity contribution in [2.75, 3.05) is 50.8 Å². The third kappa shape index (κ3) is 6.50. The highest BCUT2D eigenvalue weighted by Crippen LogP contribution is 2.32. The van der Waals surface area contributed by atoms with Crippen LogP contribution in [0.4, 0.5) is 23.8 Å². The predicted octanol–water partition coefficient (Wildman–Crippen LogP) is 4.62. The molecule has 3 aromatic rings. The molecular weight excluding hydrogens is 539 g/mol. The molecule has 2 aliphatic heterocycles. The van der Waals surface area contributed by atoms with Gasteiger partial charge in [-0.1, -0.05) is 32.9 Å². The van der Waals surface area contributed by atoms with Crippen molar-refractivity contribution >= 4 is 17.6 Å². The summed E-state index contributed by atoms with van der Waals surface area (Å²) in [4.78, 5) is 17.5. The van der Waals surface area contributed by atoms with Gasteiger partial charge in [0.2, 0.25) is 0 Å². The van der Waals surface area contributed by atoms with Crippen LogP contribution in [0.15, 0.2) is 36.4 Å². The van der Waals surface area contributed by atoms with Gasteiger partial charge in [-0.3, -0.25) is 4.90 Å². The lowest BCUT2D eigenvalue weighted by atomic mass is 9.84. The summed E-state index contributed by atoms with van der Waals surface area (Å²) in [6, 6.07) is 11.2. The zero-order valence-corrected chi connectivity index (χ0v) is 23.5. The lowest BCUT2D eigenvalue weighted by molar-refractivity contribution is -0.146. The maximum absolute atomic E-state index is 13.2. The van der Waals surface area contributed by atoms with Crippen LogP contribution in [-0.2, 0) is 6.18 Å². The summed E-state index contributed by atoms with van der Waals surface area (Å²) < 4.78 is 46.5. The van der Waals surface area contributed by atoms with E-state index in [1.165, 1.54) is 11.6 Å². The average Bonchev–Trinajstić information content (AvgIpc) is 3.37. The number of aromatic nitrogens is 4. The molecule has 2 aliphatic rings. The Morgan fingerprint density at radius 1 is 1.00 bits per heavy atom. The molecule has 2 saturated heterocycles. The first-order valence-electron chi connectivity index (χ1n) is 13.9. The molecule has 4 heterocycles. The normalized spacial score (nSPS) is 19.6. The zero-order chi connectivity index (χ0) is 29.4. The van der Waals surface area contributed by atoms with E-state index < -0.39 is 18.1 Å². The number of benzene rings is 1. The van der Waals surface area contributed by atoms with Crippen molar-refractivity contribution in [2.45, 2.75) is 51.7 Å². The van der Waals surface area contributed by atoms with E-state index in [0.29, 0.717) is 51.1 Å². The van der Waals surface area contributed by atoms with E-state index in [9.17, 15) is 23.1 Å². The minimum atomic E-state index is -4.62. The van der Waals surface area contributed by atoms with Crippen molar-refractivity contribution in [1.82, 2.24) is 29.6 Å². The third-order valence-corrected chi connectivity index (χ3v) is 8.06. The van der Waals surface area contributed by atoms with E-state index in [0.717, 1.165) is 29.7 Å². The van der Waals surface area contributed by atoms with E-state index in [1.807, 2.05) is 17.0 Å². The van der Waals surface area contributed by atoms with E-state index >= 15 is 0 Å². The Labute approximate surface area is 236 Å². The van der Waals surface area contributed by atoms with Crippen LogP contribution in [0.3, 0.4) is 0 Å². The number of alkyl halides is 3. The molecule has 1 atom stereocenters. The fourth-order valence-corrected chi connectivity index (χ4v) is 5.71. The van der Waals surface area contributed by atoms with Crippen LogP contribution in [0.1, 0.15) is 50.9 Å². The number of carbonyl (C=O) groups is 1. The van der Waals surface area contributed by atoms with E-state index in [-0.39, 0.29) is 17.1 Å². The van der Waals surface area contributed by atoms with Crippen molar-refractivity contribution in [3.63, 3.8) is 0 Å². The standard InChI is InChI=1S/C28H36F3N7O3/c1-27(2,3)22-18-35(14-15-37(22)26(39)40)16-17-41-21-6-4-19(5-7-21)20-10-12-36(13-11-20)24-9-8-23-32-33-25(28(29,30)31)38(23)34-24/h4-9,20,22H,10-18H2,1-3H3,(H,39,40). The van der Waals surface area contributed by atoms with Crippen LogP contribution in [0.2, 0.25) is 0 Å². The van der Waals surface area contributed by atoms with Gasteiger partial charge in [0, 0.05) is 39.3 Å². The van der Waals surface area contributed by atoms with Crippen LogP contribution in [-0.4, -0.2) is 92.7 Å². The number of piperazine rings is 1. The summed E-state index contributed by atoms with van der Waals surface area (Å²) >= 11 is 0. The van der Waals surface area contributed by atoms with Gasteiger partial charge >= 0.3 is 12.3 Å². The van der Waals surface area contributed by atoms with Crippen LogP contribution < -0.4 is 9.64 Å². The Balaban J connectivity index is 1.11. The molecule has 10 nitrogen and oxygen atoms in total. The summed E-state index contributed by atoms with van der Waals surface area (Å²) in [7, 11) is 0. The van der Waals surface area contributed by atoms with E-state index in [1.54, 1.807) is 11.0 Å². The van der Waals surface area contributed by atoms with Crippen LogP contribution >= 0.6 is 0 Å². The summed E-state index contributed by atoms with van der Waals surface area (Å²) in [6.45, 7) is 10.7. The summed E-state index contributed by atoms with van der Waals surface area (Å²) in [6.07, 6.45) is -3.78. The number of amides is 1. The fraction of sp³-hybridized carbons (Fsp3) is 0.571. The fourth-order valence-electron chi connectivity index (χ4n) is 5.71. The number of ether oxygens (including phenoxy) is 1. The molecule has 1 aromatic carbocycles. The summed E-state index contributed by atoms with van der Waals surface area (Å²) in [5.74, 6) is 0.476. The quantitative estimate of drug-likeness (QED) is 0.455. The van der Waals surface area contributed by atoms with Crippen molar-refractivity contribution in [1.29, 1.82) is 0 Å². The molecule has 0 aliphatic carbocycles. The molecule has 41 heavy (non-hydrogen) atoms. The lowest BCUT2D eigenvalue weighted by Gasteiger charge is -2.45. The molecular formula is C28H36F3N7O3. The molecule has 0 bridgehead atoms. The highest BCUT2D eigenvalue weighted by Gasteiger charge is 2.39. The number of carboxylic acid groups (broad SMARTS) is 1. The zero-order valence-electron chi connectivity index (χ0n) is 23.5. The van der Waals surface area contributed by atoms with Gasteiger partial charge in [-0.05, 0) is 54.0 Å². The second-order valence-corrected chi connectivity index (χ2v) is 11.8. The average molecular weight is 576 g/mol. The number of hydrogen-bond donors (Lipinski definition) is 1. The number of hydrogen-bond acceptors (Lipinski definition) is 7. The number of nitrogens with zero attached hydrogens (tertiary/aromatic N) is 7. The molecule has 2 fully saturated rings. The Morgan fingerprint density at radius 3 is 2.34 bits per heavy atom. The van der Waals surface area contributed by atoms with Gasteiger partial charge in [0.05, 0.1) is 6.04 Å². The number of piperidine rings is 1. The number of halogens is 3. The van der Waals surface area contributed by atoms with E-state index in [2.05, 4.69) is 53.1 Å².